The van der Waals surface area contributed by atoms with E-state index in [0.717, 1.165) is 15.3 Å². The molecule has 3 saturated heterocycles. The smallest absolute Gasteiger partial charge is 0.339 e. The number of carbonyl (C=O) groups is 2. The maximum Gasteiger partial charge on any atom is 0.339 e. The van der Waals surface area contributed by atoms with Crippen molar-refractivity contribution >= 4 is 61.6 Å². The highest BCUT2D eigenvalue weighted by molar-refractivity contribution is 7.99. The van der Waals surface area contributed by atoms with Crippen LogP contribution in [0.15, 0.2) is 173 Å². The molecule has 4 heterocycles. The number of hydrogen-bond donors (Lipinski definition) is 2. The quantitative estimate of drug-likeness (QED) is 0.0168. The second-order valence-electron chi connectivity index (χ2n) is 24.7. The molecule has 1 aromatic heterocycles. The molecule has 0 unspecified atom stereocenters. The van der Waals surface area contributed by atoms with Crippen molar-refractivity contribution in [1.29, 1.82) is 0 Å². The molecule has 0 saturated carbocycles. The number of aliphatic hydroxyl groups excluding tert-OH is 1. The number of azide groups is 2. The largest absolute Gasteiger partial charge is 0.463 e. The van der Waals surface area contributed by atoms with Crippen molar-refractivity contribution in [2.75, 3.05) is 19.8 Å². The van der Waals surface area contributed by atoms with Crippen LogP contribution in [-0.4, -0.2) is 130 Å². The van der Waals surface area contributed by atoms with Crippen molar-refractivity contribution in [3.63, 3.8) is 0 Å². The normalized spacial score (nSPS) is 26.4. The molecule has 3 fully saturated rings. The van der Waals surface area contributed by atoms with Crippen LogP contribution in [-0.2, 0) is 52.4 Å². The number of benzene rings is 5. The Morgan fingerprint density at radius 1 is 0.756 bits per heavy atom. The van der Waals surface area contributed by atoms with Gasteiger partial charge in [-0.25, -0.2) is 4.79 Å². The van der Waals surface area contributed by atoms with Gasteiger partial charge in [0, 0.05) is 51.1 Å². The van der Waals surface area contributed by atoms with Gasteiger partial charge in [0.2, 0.25) is 0 Å². The fourth-order valence-corrected chi connectivity index (χ4v) is 21.2. The Labute approximate surface area is 532 Å². The summed E-state index contributed by atoms with van der Waals surface area (Å²) in [5, 5.41) is 35.2. The Kier molecular flexibility index (Phi) is 22.8. The number of fused-ring (bicyclic) bond motifs is 1. The summed E-state index contributed by atoms with van der Waals surface area (Å²) in [6, 6.07) is 48.6. The Morgan fingerprint density at radius 2 is 1.36 bits per heavy atom. The van der Waals surface area contributed by atoms with Crippen molar-refractivity contribution in [2.45, 2.75) is 181 Å². The van der Waals surface area contributed by atoms with Gasteiger partial charge in [-0.05, 0) is 93.3 Å². The maximum atomic E-state index is 15.4. The summed E-state index contributed by atoms with van der Waals surface area (Å²) in [6.45, 7) is 15.3. The molecule has 23 heteroatoms. The molecule has 0 amide bonds. The van der Waals surface area contributed by atoms with Crippen LogP contribution in [0.2, 0.25) is 23.2 Å². The summed E-state index contributed by atoms with van der Waals surface area (Å²) in [5.74, 6) is -1.31. The monoisotopic (exact) mass is 1280 g/mol. The molecule has 20 nitrogen and oxygen atoms in total. The van der Waals surface area contributed by atoms with Crippen LogP contribution < -0.4 is 10.4 Å². The first-order valence-electron chi connectivity index (χ1n) is 31.0. The number of nitrogens with zero attached hydrogens (tertiary/aromatic N) is 7. The highest BCUT2D eigenvalue weighted by Gasteiger charge is 2.61. The van der Waals surface area contributed by atoms with E-state index in [2.05, 4.69) is 65.1 Å². The minimum atomic E-state index is -3.49. The number of thioether (sulfide) groups is 1. The minimum absolute atomic E-state index is 0.0442. The molecule has 90 heavy (non-hydrogen) atoms. The number of pyridine rings is 1. The molecule has 0 spiro atoms. The molecule has 0 aliphatic carbocycles. The first kappa shape index (κ1) is 67.9. The third kappa shape index (κ3) is 15.5. The van der Waals surface area contributed by atoms with E-state index in [1.165, 1.54) is 11.8 Å². The van der Waals surface area contributed by atoms with E-state index in [9.17, 15) is 26.1 Å². The van der Waals surface area contributed by atoms with Crippen molar-refractivity contribution in [2.24, 2.45) is 16.1 Å². The lowest BCUT2D eigenvalue weighted by Crippen LogP contribution is -2.69. The van der Waals surface area contributed by atoms with Gasteiger partial charge >= 0.3 is 11.9 Å². The van der Waals surface area contributed by atoms with Gasteiger partial charge in [0.15, 0.2) is 32.2 Å². The topological polar surface area (TPSA) is 268 Å². The molecule has 12 atom stereocenters. The van der Waals surface area contributed by atoms with Crippen LogP contribution in [0.5, 0.6) is 0 Å². The van der Waals surface area contributed by atoms with Gasteiger partial charge in [-0.15, -0.1) is 0 Å². The second kappa shape index (κ2) is 30.3. The van der Waals surface area contributed by atoms with Crippen LogP contribution >= 0.6 is 11.8 Å². The first-order chi connectivity index (χ1) is 43.3. The van der Waals surface area contributed by atoms with Gasteiger partial charge in [0.25, 0.3) is 8.32 Å². The highest BCUT2D eigenvalue weighted by Crippen LogP contribution is 2.48. The molecule has 5 aromatic carbocycles. The summed E-state index contributed by atoms with van der Waals surface area (Å²) in [7, 11) is -6.18. The molecule has 0 bridgehead atoms. The predicted molar refractivity (Wildman–Crippen MR) is 347 cm³/mol. The average molecular weight is 1280 g/mol. The molecule has 478 valence electrons. The summed E-state index contributed by atoms with van der Waals surface area (Å²) in [5.41, 5.74) is 16.4. The van der Waals surface area contributed by atoms with Gasteiger partial charge < -0.3 is 52.2 Å². The van der Waals surface area contributed by atoms with Crippen LogP contribution in [0.3, 0.4) is 0 Å². The van der Waals surface area contributed by atoms with Crippen LogP contribution in [0.4, 0.5) is 0 Å². The molecule has 3 aliphatic heterocycles. The molecular weight excluding hydrogens is 1200 g/mol. The fourth-order valence-electron chi connectivity index (χ4n) is 12.6. The van der Waals surface area contributed by atoms with Gasteiger partial charge in [0.1, 0.15) is 42.6 Å². The van der Waals surface area contributed by atoms with Crippen LogP contribution in [0.25, 0.3) is 31.8 Å². The standard InChI is InChI=1S/C67H83N7O13SSi2/c1-9-89(10-2,11-3)87-63-55(43-79-57(75)36-45(4)5)83-59(40-67(63,78)72-74-69)85-62-56(44-81-90(65(6,7)8,50-31-20-14-21-32-50)51-33-22-15-23-34-51)82-58(80-42-54-61(76)53(71-73-68)38-60(84-54)88-49-29-18-13-19-30-49)39-66(62,86-64(77)46-26-16-12-17-27-46)48-37-47-28-24-25-35-52(47)70-41-48/h12-35,37,41,45,53-56,58-63,76,78H,9-11,36,38-40,42-44H2,1-8H3/t53-,54-,55-,56-,58+,59-,60-,61-,62+,63+,66+,67-/m1/s1. The predicted octanol–water partition coefficient (Wildman–Crippen LogP) is 12.4. The highest BCUT2D eigenvalue weighted by atomic mass is 32.2. The Morgan fingerprint density at radius 3 is 1.97 bits per heavy atom. The maximum absolute atomic E-state index is 15.4. The number of rotatable bonds is 26. The van der Waals surface area contributed by atoms with E-state index in [4.69, 9.17) is 47.0 Å². The van der Waals surface area contributed by atoms with Gasteiger partial charge in [-0.3, -0.25) is 9.78 Å². The first-order valence-corrected chi connectivity index (χ1v) is 36.3. The zero-order valence-corrected chi connectivity index (χ0v) is 55.2. The summed E-state index contributed by atoms with van der Waals surface area (Å²) < 4.78 is 63.2. The number of para-hydroxylation sites is 1. The third-order valence-electron chi connectivity index (χ3n) is 17.4. The Hall–Kier alpha value is -6.51. The Balaban J connectivity index is 1.23. The van der Waals surface area contributed by atoms with E-state index in [1.54, 1.807) is 36.5 Å². The fraction of sp³-hybridized carbons (Fsp3) is 0.478. The number of hydrogen-bond acceptors (Lipinski definition) is 17. The van der Waals surface area contributed by atoms with E-state index < -0.39 is 119 Å². The van der Waals surface area contributed by atoms with Crippen molar-refractivity contribution in [3.8, 4) is 0 Å². The number of carbonyl (C=O) groups excluding carboxylic acids is 2. The molecule has 2 N–H and O–H groups in total. The van der Waals surface area contributed by atoms with Gasteiger partial charge in [-0.1, -0.05) is 193 Å². The van der Waals surface area contributed by atoms with Crippen LogP contribution in [0, 0.1) is 5.92 Å². The van der Waals surface area contributed by atoms with E-state index in [0.29, 0.717) is 34.6 Å². The SMILES string of the molecule is CC[Si](CC)(CC)O[C@H]1[C@@H](COC(=O)CC(C)C)O[C@H](O[C@H]2[C@@H](CO[Si](c3ccccc3)(c3ccccc3)C(C)(C)C)O[C@H](OC[C@H]3O[C@H](Sc4ccccc4)C[C@@H](N=[N+]=[N-])[C@H]3O)C[C@]2(OC(=O)c2ccccc2)c2cnc3ccccc3c2)C[C@]1(O)N=[N+]=[N-]. The minimum Gasteiger partial charge on any atom is -0.463 e. The number of esters is 2. The van der Waals surface area contributed by atoms with E-state index in [1.807, 2.05) is 132 Å². The van der Waals surface area contributed by atoms with Gasteiger partial charge in [0.05, 0.1) is 36.4 Å². The second-order valence-corrected chi connectivity index (χ2v) is 35.0. The molecule has 6 aromatic rings. The van der Waals surface area contributed by atoms with Crippen LogP contribution in [0.1, 0.15) is 97.0 Å². The zero-order chi connectivity index (χ0) is 64.1. The molecular formula is C67H83N7O13SSi2. The van der Waals surface area contributed by atoms with E-state index in [-0.39, 0.29) is 44.0 Å². The number of aromatic nitrogens is 1. The van der Waals surface area contributed by atoms with Crippen molar-refractivity contribution < 1.29 is 61.8 Å². The Bertz CT molecular complexity index is 3370. The van der Waals surface area contributed by atoms with Gasteiger partial charge in [-0.2, -0.15) is 0 Å². The van der Waals surface area contributed by atoms with Crippen molar-refractivity contribution in [3.05, 3.63) is 190 Å². The lowest BCUT2D eigenvalue weighted by Gasteiger charge is -2.53. The van der Waals surface area contributed by atoms with E-state index >= 15 is 4.79 Å². The zero-order valence-electron chi connectivity index (χ0n) is 52.4. The average Bonchev–Trinajstić information content (AvgIpc) is 0.742. The summed E-state index contributed by atoms with van der Waals surface area (Å²) in [6.07, 6.45) is -9.52. The summed E-state index contributed by atoms with van der Waals surface area (Å²) in [4.78, 5) is 41.0. The lowest BCUT2D eigenvalue weighted by molar-refractivity contribution is -0.351. The number of aliphatic hydroxyl groups is 2. The lowest BCUT2D eigenvalue weighted by atomic mass is 9.80. The third-order valence-corrected chi connectivity index (χ3v) is 28.2. The summed E-state index contributed by atoms with van der Waals surface area (Å²) >= 11 is 1.42. The number of ether oxygens (including phenoxy) is 7. The molecule has 3 aliphatic rings. The molecule has 0 radical (unpaired) electrons. The van der Waals surface area contributed by atoms with Crippen molar-refractivity contribution in [1.82, 2.24) is 4.98 Å². The molecule has 9 rings (SSSR count).